The summed E-state index contributed by atoms with van der Waals surface area (Å²) in [5.41, 5.74) is 6.52. The predicted octanol–water partition coefficient (Wildman–Crippen LogP) is 3.56. The molecule has 0 spiro atoms. The van der Waals surface area contributed by atoms with Crippen LogP contribution in [-0.4, -0.2) is 41.0 Å². The Kier molecular flexibility index (Phi) is 6.78. The van der Waals surface area contributed by atoms with E-state index < -0.39 is 0 Å². The zero-order valence-corrected chi connectivity index (χ0v) is 18.7. The monoisotopic (exact) mass is 422 g/mol. The summed E-state index contributed by atoms with van der Waals surface area (Å²) in [6, 6.07) is 8.06. The second-order valence-corrected chi connectivity index (χ2v) is 8.63. The molecule has 0 atom stereocenters. The number of hydrogen-bond acceptors (Lipinski definition) is 5. The second-order valence-electron chi connectivity index (χ2n) is 7.66. The molecular weight excluding hydrogens is 396 g/mol. The van der Waals surface area contributed by atoms with Crippen LogP contribution in [0.3, 0.4) is 0 Å². The normalized spacial score (nSPS) is 12.2. The van der Waals surface area contributed by atoms with E-state index in [0.717, 1.165) is 47.3 Å². The number of carbonyl (C=O) groups is 2. The maximum Gasteiger partial charge on any atom is 0.243 e. The molecule has 156 valence electrons. The molecule has 2 amide bonds. The molecule has 7 heteroatoms. The smallest absolute Gasteiger partial charge is 0.243 e. The van der Waals surface area contributed by atoms with Crippen molar-refractivity contribution in [2.45, 2.75) is 45.1 Å². The molecule has 3 rings (SSSR count). The van der Waals surface area contributed by atoms with Gasteiger partial charge in [-0.15, -0.1) is 0 Å². The molecule has 1 aliphatic carbocycles. The average Bonchev–Trinajstić information content (AvgIpc) is 3.18. The molecule has 0 aliphatic heterocycles. The summed E-state index contributed by atoms with van der Waals surface area (Å²) in [5, 5.41) is 13.1. The molecule has 0 radical (unpaired) electrons. The molecule has 6 nitrogen and oxygen atoms in total. The lowest BCUT2D eigenvalue weighted by molar-refractivity contribution is -0.131. The maximum absolute atomic E-state index is 12.6. The first-order chi connectivity index (χ1) is 14.3. The number of para-hydroxylation sites is 1. The number of aromatic nitrogens is 1. The molecule has 0 unspecified atom stereocenters. The van der Waals surface area contributed by atoms with E-state index in [4.69, 9.17) is 0 Å². The van der Waals surface area contributed by atoms with Crippen LogP contribution in [0.2, 0.25) is 0 Å². The second kappa shape index (κ2) is 9.31. The van der Waals surface area contributed by atoms with Gasteiger partial charge in [-0.25, -0.2) is 4.98 Å². The minimum Gasteiger partial charge on any atom is -0.336 e. The van der Waals surface area contributed by atoms with Crippen molar-refractivity contribution in [3.05, 3.63) is 51.7 Å². The van der Waals surface area contributed by atoms with E-state index in [0.29, 0.717) is 10.6 Å². The Morgan fingerprint density at radius 2 is 1.93 bits per heavy atom. The fourth-order valence-corrected chi connectivity index (χ4v) is 4.71. The van der Waals surface area contributed by atoms with Gasteiger partial charge in [0.25, 0.3) is 0 Å². The lowest BCUT2D eigenvalue weighted by atomic mass is 10.0. The number of hydrogen-bond donors (Lipinski definition) is 1. The topological polar surface area (TPSA) is 86.1 Å². The lowest BCUT2D eigenvalue weighted by Gasteiger charge is -2.18. The average molecular weight is 423 g/mol. The molecule has 1 N–H and O–H groups in total. The van der Waals surface area contributed by atoms with Crippen molar-refractivity contribution in [3.8, 4) is 6.07 Å². The van der Waals surface area contributed by atoms with Crippen molar-refractivity contribution in [1.82, 2.24) is 9.88 Å². The summed E-state index contributed by atoms with van der Waals surface area (Å²) in [6.07, 6.45) is 2.94. The van der Waals surface area contributed by atoms with E-state index in [1.807, 2.05) is 39.0 Å². The molecular formula is C23H26N4O2S. The number of carbonyl (C=O) groups excluding carboxylic acids is 2. The Balaban J connectivity index is 1.61. The zero-order chi connectivity index (χ0) is 21.8. The molecule has 1 heterocycles. The van der Waals surface area contributed by atoms with Gasteiger partial charge in [0, 0.05) is 18.4 Å². The fraction of sp³-hybridized carbons (Fsp3) is 0.391. The van der Waals surface area contributed by atoms with E-state index in [2.05, 4.69) is 16.4 Å². The first-order valence-corrected chi connectivity index (χ1v) is 11.0. The van der Waals surface area contributed by atoms with E-state index in [9.17, 15) is 14.9 Å². The molecule has 0 saturated carbocycles. The highest BCUT2D eigenvalue weighted by Gasteiger charge is 2.22. The lowest BCUT2D eigenvalue weighted by Crippen LogP contribution is -2.36. The standard InChI is InChI=1S/C23H26N4O2S/c1-14-7-5-8-15(2)22(14)26-20(28)12-27(4)21(29)13-30-23-18(11-24)16(3)17-9-6-10-19(17)25-23/h5,7-8H,6,9-10,12-13H2,1-4H3,(H,26,28). The third-order valence-corrected chi connectivity index (χ3v) is 6.42. The maximum atomic E-state index is 12.6. The SMILES string of the molecule is Cc1cccc(C)c1NC(=O)CN(C)C(=O)CSc1nc2c(c(C)c1C#N)CCC2. The van der Waals surface area contributed by atoms with Gasteiger partial charge in [0.05, 0.1) is 17.9 Å². The van der Waals surface area contributed by atoms with Crippen molar-refractivity contribution >= 4 is 29.3 Å². The highest BCUT2D eigenvalue weighted by atomic mass is 32.2. The Labute approximate surface area is 181 Å². The molecule has 30 heavy (non-hydrogen) atoms. The minimum atomic E-state index is -0.238. The van der Waals surface area contributed by atoms with E-state index >= 15 is 0 Å². The molecule has 2 aromatic rings. The molecule has 1 aromatic heterocycles. The van der Waals surface area contributed by atoms with Crippen LogP contribution in [0.1, 0.15) is 39.9 Å². The Morgan fingerprint density at radius 3 is 2.60 bits per heavy atom. The van der Waals surface area contributed by atoms with Gasteiger partial charge in [-0.3, -0.25) is 9.59 Å². The number of rotatable bonds is 6. The first-order valence-electron chi connectivity index (χ1n) is 9.97. The van der Waals surface area contributed by atoms with Crippen LogP contribution in [0.5, 0.6) is 0 Å². The molecule has 0 saturated heterocycles. The van der Waals surface area contributed by atoms with Crippen LogP contribution in [0, 0.1) is 32.1 Å². The van der Waals surface area contributed by atoms with Crippen LogP contribution in [0.4, 0.5) is 5.69 Å². The van der Waals surface area contributed by atoms with Gasteiger partial charge in [-0.2, -0.15) is 5.26 Å². The van der Waals surface area contributed by atoms with Crippen molar-refractivity contribution < 1.29 is 9.59 Å². The molecule has 1 aliphatic rings. The first kappa shape index (κ1) is 21.8. The molecule has 0 bridgehead atoms. The van der Waals surface area contributed by atoms with Gasteiger partial charge in [-0.1, -0.05) is 30.0 Å². The van der Waals surface area contributed by atoms with Crippen LogP contribution < -0.4 is 5.32 Å². The predicted molar refractivity (Wildman–Crippen MR) is 119 cm³/mol. The minimum absolute atomic E-state index is 0.0328. The van der Waals surface area contributed by atoms with E-state index in [1.54, 1.807) is 7.05 Å². The summed E-state index contributed by atoms with van der Waals surface area (Å²) < 4.78 is 0. The van der Waals surface area contributed by atoms with Crippen LogP contribution in [-0.2, 0) is 22.4 Å². The van der Waals surface area contributed by atoms with Gasteiger partial charge >= 0.3 is 0 Å². The van der Waals surface area contributed by atoms with Crippen molar-refractivity contribution in [1.29, 1.82) is 5.26 Å². The van der Waals surface area contributed by atoms with Crippen molar-refractivity contribution in [2.24, 2.45) is 0 Å². The molecule has 0 fully saturated rings. The zero-order valence-electron chi connectivity index (χ0n) is 17.8. The largest absolute Gasteiger partial charge is 0.336 e. The summed E-state index contributed by atoms with van der Waals surface area (Å²) in [5.74, 6) is -0.287. The number of benzene rings is 1. The number of amides is 2. The van der Waals surface area contributed by atoms with Crippen LogP contribution in [0.15, 0.2) is 23.2 Å². The molecule has 1 aromatic carbocycles. The van der Waals surface area contributed by atoms with Crippen molar-refractivity contribution in [2.75, 3.05) is 24.7 Å². The van der Waals surface area contributed by atoms with Crippen LogP contribution >= 0.6 is 11.8 Å². The summed E-state index contributed by atoms with van der Waals surface area (Å²) >= 11 is 1.27. The number of aryl methyl sites for hydroxylation is 3. The summed E-state index contributed by atoms with van der Waals surface area (Å²) in [4.78, 5) is 31.0. The number of nitriles is 1. The summed E-state index contributed by atoms with van der Waals surface area (Å²) in [6.45, 7) is 5.80. The van der Waals surface area contributed by atoms with E-state index in [-0.39, 0.29) is 24.1 Å². The summed E-state index contributed by atoms with van der Waals surface area (Å²) in [7, 11) is 1.61. The van der Waals surface area contributed by atoms with Gasteiger partial charge in [0.2, 0.25) is 11.8 Å². The number of fused-ring (bicyclic) bond motifs is 1. The number of likely N-dealkylation sites (N-methyl/N-ethyl adjacent to an activating group) is 1. The van der Waals surface area contributed by atoms with Gasteiger partial charge in [0.1, 0.15) is 11.1 Å². The van der Waals surface area contributed by atoms with Gasteiger partial charge in [-0.05, 0) is 62.3 Å². The number of thioether (sulfide) groups is 1. The number of anilines is 1. The number of nitrogens with zero attached hydrogens (tertiary/aromatic N) is 3. The van der Waals surface area contributed by atoms with Crippen LogP contribution in [0.25, 0.3) is 0 Å². The third-order valence-electron chi connectivity index (χ3n) is 5.46. The van der Waals surface area contributed by atoms with Gasteiger partial charge < -0.3 is 10.2 Å². The quantitative estimate of drug-likeness (QED) is 0.720. The number of nitrogens with one attached hydrogen (secondary N) is 1. The van der Waals surface area contributed by atoms with Gasteiger partial charge in [0.15, 0.2) is 0 Å². The van der Waals surface area contributed by atoms with Crippen molar-refractivity contribution in [3.63, 3.8) is 0 Å². The Morgan fingerprint density at radius 1 is 1.23 bits per heavy atom. The Bertz CT molecular complexity index is 1020. The third kappa shape index (κ3) is 4.65. The highest BCUT2D eigenvalue weighted by Crippen LogP contribution is 2.31. The van der Waals surface area contributed by atoms with E-state index in [1.165, 1.54) is 22.2 Å². The Hall–Kier alpha value is -2.85. The number of pyridine rings is 1. The highest BCUT2D eigenvalue weighted by molar-refractivity contribution is 8.00. The fourth-order valence-electron chi connectivity index (χ4n) is 3.72.